The zero-order chi connectivity index (χ0) is 15.7. The average Bonchev–Trinajstić information content (AvgIpc) is 2.81. The third-order valence-corrected chi connectivity index (χ3v) is 5.51. The third-order valence-electron chi connectivity index (χ3n) is 4.40. The van der Waals surface area contributed by atoms with Crippen LogP contribution in [0.25, 0.3) is 10.2 Å². The molecular weight excluding hydrogens is 298 g/mol. The molecule has 3 rings (SSSR count). The maximum atomic E-state index is 12.3. The van der Waals surface area contributed by atoms with E-state index in [0.29, 0.717) is 11.8 Å². The van der Waals surface area contributed by atoms with Crippen molar-refractivity contribution in [2.45, 2.75) is 33.6 Å². The number of hydrogen-bond acceptors (Lipinski definition) is 5. The van der Waals surface area contributed by atoms with E-state index in [-0.39, 0.29) is 12.5 Å². The summed E-state index contributed by atoms with van der Waals surface area (Å²) in [5.41, 5.74) is 1.13. The number of nitrogens with zero attached hydrogens (tertiary/aromatic N) is 3. The summed E-state index contributed by atoms with van der Waals surface area (Å²) in [6.07, 6.45) is 3.65. The Morgan fingerprint density at radius 2 is 2.09 bits per heavy atom. The minimum atomic E-state index is 0.0447. The Balaban J connectivity index is 1.70. The number of hydrogen-bond donors (Lipinski definition) is 0. The maximum Gasteiger partial charge on any atom is 0.260 e. The monoisotopic (exact) mass is 319 g/mol. The molecule has 5 nitrogen and oxygen atoms in total. The summed E-state index contributed by atoms with van der Waals surface area (Å²) in [4.78, 5) is 24.8. The van der Waals surface area contributed by atoms with Gasteiger partial charge in [-0.3, -0.25) is 4.79 Å². The highest BCUT2D eigenvalue weighted by molar-refractivity contribution is 7.18. The molecule has 118 valence electrons. The number of likely N-dealkylation sites (tertiary alicyclic amines) is 1. The van der Waals surface area contributed by atoms with Crippen LogP contribution >= 0.6 is 11.3 Å². The minimum Gasteiger partial charge on any atom is -0.467 e. The van der Waals surface area contributed by atoms with Crippen molar-refractivity contribution in [2.75, 3.05) is 19.7 Å². The van der Waals surface area contributed by atoms with Gasteiger partial charge in [0.05, 0.1) is 5.39 Å². The first-order chi connectivity index (χ1) is 10.6. The number of rotatable bonds is 3. The number of aromatic nitrogens is 2. The predicted molar refractivity (Wildman–Crippen MR) is 87.4 cm³/mol. The second-order valence-electron chi connectivity index (χ2n) is 5.99. The number of thiophene rings is 1. The molecular formula is C16H21N3O2S. The standard InChI is InChI=1S/C16H21N3O2S/c1-10-4-6-19(7-5-10)13(20)8-21-15-14-11(2)12(3)22-16(14)18-9-17-15/h9-10H,4-8H2,1-3H3. The summed E-state index contributed by atoms with van der Waals surface area (Å²) in [5.74, 6) is 1.27. The molecule has 22 heavy (non-hydrogen) atoms. The normalized spacial score (nSPS) is 16.2. The molecule has 3 heterocycles. The van der Waals surface area contributed by atoms with Gasteiger partial charge in [-0.2, -0.15) is 0 Å². The summed E-state index contributed by atoms with van der Waals surface area (Å²) in [6.45, 7) is 8.05. The van der Waals surface area contributed by atoms with E-state index in [0.717, 1.165) is 41.7 Å². The van der Waals surface area contributed by atoms with Gasteiger partial charge >= 0.3 is 0 Å². The number of amides is 1. The van der Waals surface area contributed by atoms with E-state index in [4.69, 9.17) is 4.74 Å². The van der Waals surface area contributed by atoms with E-state index in [1.807, 2.05) is 11.8 Å². The summed E-state index contributed by atoms with van der Waals surface area (Å²) < 4.78 is 5.72. The van der Waals surface area contributed by atoms with E-state index in [1.165, 1.54) is 11.2 Å². The third kappa shape index (κ3) is 2.92. The SMILES string of the molecule is Cc1sc2ncnc(OCC(=O)N3CCC(C)CC3)c2c1C. The van der Waals surface area contributed by atoms with Crippen LogP contribution in [0.3, 0.4) is 0 Å². The quantitative estimate of drug-likeness (QED) is 0.873. The first-order valence-corrected chi connectivity index (χ1v) is 8.49. The van der Waals surface area contributed by atoms with Crippen LogP contribution < -0.4 is 4.74 Å². The largest absolute Gasteiger partial charge is 0.467 e. The van der Waals surface area contributed by atoms with Crippen LogP contribution in [-0.4, -0.2) is 40.5 Å². The predicted octanol–water partition coefficient (Wildman–Crippen LogP) is 2.95. The molecule has 1 aliphatic heterocycles. The van der Waals surface area contributed by atoms with Crippen molar-refractivity contribution < 1.29 is 9.53 Å². The highest BCUT2D eigenvalue weighted by Crippen LogP contribution is 2.33. The minimum absolute atomic E-state index is 0.0447. The Kier molecular flexibility index (Phi) is 4.29. The summed E-state index contributed by atoms with van der Waals surface area (Å²) in [6, 6.07) is 0. The molecule has 1 aliphatic rings. The van der Waals surface area contributed by atoms with Crippen molar-refractivity contribution in [1.29, 1.82) is 0 Å². The van der Waals surface area contributed by atoms with Gasteiger partial charge in [-0.25, -0.2) is 9.97 Å². The van der Waals surface area contributed by atoms with Crippen molar-refractivity contribution >= 4 is 27.5 Å². The molecule has 0 aliphatic carbocycles. The Hall–Kier alpha value is -1.69. The number of carbonyl (C=O) groups is 1. The average molecular weight is 319 g/mol. The van der Waals surface area contributed by atoms with Gasteiger partial charge in [0.25, 0.3) is 5.91 Å². The lowest BCUT2D eigenvalue weighted by molar-refractivity contribution is -0.134. The molecule has 1 fully saturated rings. The van der Waals surface area contributed by atoms with Crippen molar-refractivity contribution in [3.8, 4) is 5.88 Å². The van der Waals surface area contributed by atoms with Crippen molar-refractivity contribution in [3.05, 3.63) is 16.8 Å². The van der Waals surface area contributed by atoms with E-state index >= 15 is 0 Å². The van der Waals surface area contributed by atoms with Gasteiger partial charge in [0, 0.05) is 18.0 Å². The van der Waals surface area contributed by atoms with E-state index < -0.39 is 0 Å². The van der Waals surface area contributed by atoms with Gasteiger partial charge in [-0.15, -0.1) is 11.3 Å². The number of aryl methyl sites for hydroxylation is 2. The second-order valence-corrected chi connectivity index (χ2v) is 7.20. The van der Waals surface area contributed by atoms with Crippen LogP contribution in [0.5, 0.6) is 5.88 Å². The number of ether oxygens (including phenoxy) is 1. The number of fused-ring (bicyclic) bond motifs is 1. The first kappa shape index (κ1) is 15.2. The molecule has 0 saturated carbocycles. The van der Waals surface area contributed by atoms with Gasteiger partial charge in [0.15, 0.2) is 6.61 Å². The smallest absolute Gasteiger partial charge is 0.260 e. The molecule has 0 bridgehead atoms. The van der Waals surface area contributed by atoms with Gasteiger partial charge in [-0.05, 0) is 38.2 Å². The lowest BCUT2D eigenvalue weighted by Gasteiger charge is -2.30. The van der Waals surface area contributed by atoms with Crippen LogP contribution in [0.4, 0.5) is 0 Å². The summed E-state index contributed by atoms with van der Waals surface area (Å²) in [5, 5.41) is 0.935. The van der Waals surface area contributed by atoms with Crippen LogP contribution in [0, 0.1) is 19.8 Å². The molecule has 0 N–H and O–H groups in total. The van der Waals surface area contributed by atoms with Gasteiger partial charge < -0.3 is 9.64 Å². The lowest BCUT2D eigenvalue weighted by atomic mass is 9.99. The molecule has 0 spiro atoms. The van der Waals surface area contributed by atoms with E-state index in [2.05, 4.69) is 23.8 Å². The Morgan fingerprint density at radius 1 is 1.36 bits per heavy atom. The fourth-order valence-corrected chi connectivity index (χ4v) is 3.73. The van der Waals surface area contributed by atoms with Crippen LogP contribution in [-0.2, 0) is 4.79 Å². The molecule has 1 saturated heterocycles. The highest BCUT2D eigenvalue weighted by Gasteiger charge is 2.21. The molecule has 2 aromatic heterocycles. The fourth-order valence-electron chi connectivity index (χ4n) is 2.74. The van der Waals surface area contributed by atoms with Gasteiger partial charge in [0.1, 0.15) is 11.2 Å². The number of piperidine rings is 1. The molecule has 2 aromatic rings. The molecule has 0 aromatic carbocycles. The van der Waals surface area contributed by atoms with Gasteiger partial charge in [-0.1, -0.05) is 6.92 Å². The first-order valence-electron chi connectivity index (χ1n) is 7.67. The van der Waals surface area contributed by atoms with E-state index in [1.54, 1.807) is 11.3 Å². The van der Waals surface area contributed by atoms with Crippen molar-refractivity contribution in [3.63, 3.8) is 0 Å². The summed E-state index contributed by atoms with van der Waals surface area (Å²) >= 11 is 1.63. The maximum absolute atomic E-state index is 12.3. The zero-order valence-corrected chi connectivity index (χ0v) is 14.1. The van der Waals surface area contributed by atoms with E-state index in [9.17, 15) is 4.79 Å². The van der Waals surface area contributed by atoms with Gasteiger partial charge in [0.2, 0.25) is 5.88 Å². The highest BCUT2D eigenvalue weighted by atomic mass is 32.1. The lowest BCUT2D eigenvalue weighted by Crippen LogP contribution is -2.40. The Morgan fingerprint density at radius 3 is 2.82 bits per heavy atom. The van der Waals surface area contributed by atoms with Crippen molar-refractivity contribution in [1.82, 2.24) is 14.9 Å². The topological polar surface area (TPSA) is 55.3 Å². The van der Waals surface area contributed by atoms with Crippen LogP contribution in [0.2, 0.25) is 0 Å². The Bertz CT molecular complexity index is 690. The van der Waals surface area contributed by atoms with Crippen molar-refractivity contribution in [2.24, 2.45) is 5.92 Å². The molecule has 0 radical (unpaired) electrons. The van der Waals surface area contributed by atoms with Crippen LogP contribution in [0.1, 0.15) is 30.2 Å². The van der Waals surface area contributed by atoms with Crippen LogP contribution in [0.15, 0.2) is 6.33 Å². The fraction of sp³-hybridized carbons (Fsp3) is 0.562. The molecule has 0 unspecified atom stereocenters. The molecule has 1 amide bonds. The number of carbonyl (C=O) groups excluding carboxylic acids is 1. The Labute approximate surface area is 134 Å². The molecule has 6 heteroatoms. The second kappa shape index (κ2) is 6.20. The summed E-state index contributed by atoms with van der Waals surface area (Å²) in [7, 11) is 0. The molecule has 0 atom stereocenters. The zero-order valence-electron chi connectivity index (χ0n) is 13.3.